The van der Waals surface area contributed by atoms with Crippen LogP contribution in [-0.2, 0) is 0 Å². The Morgan fingerprint density at radius 1 is 0.206 bits per heavy atom. The summed E-state index contributed by atoms with van der Waals surface area (Å²) < 4.78 is 450. The Kier molecular flexibility index (Phi) is 30.4. The van der Waals surface area contributed by atoms with Gasteiger partial charge in [0.25, 0.3) is 0 Å². The van der Waals surface area contributed by atoms with Crippen molar-refractivity contribution in [3.8, 4) is 69.0 Å². The number of hydrogen-bond acceptors (Lipinski definition) is 18. The van der Waals surface area contributed by atoms with E-state index >= 15 is 110 Å². The van der Waals surface area contributed by atoms with Gasteiger partial charge in [0.1, 0.15) is 39.1 Å². The third-order valence-corrected chi connectivity index (χ3v) is 18.4. The molecule has 0 heterocycles. The SMILES string of the molecule is CCCCOc1c(F)c(F)c(C(=O)Oc2ccc3c(c2)c2cc(OC(=O)c4c(F)c(F)c(OCCCC)c(F)c4F)c(OC(=O)c4c(F)c(F)c(OCCCC)c(F)c4F)cc2c2c(OC(=O)c4c(F)c(F)c(OCCCC)c(F)c4F)c(OC(=O)c4c(F)c(F)c(OCCCC)c(F)c4F)c(OC(=O)c4c(F)c(F)c(OCCCC)c(F)c4F)cc32)c(F)c1F. The topological polar surface area (TPSA) is 213 Å². The molecular formula is C84H60F24O18. The standard InChI is InChI=1S/C84H60F24O18/c1-7-13-21-115-73-59(97)47(85)41(48(86)60(73)98)79(109)121-31-19-20-32-33(27-31)34-28-37(122-80(110)42-49(87)61(99)74(62(100)50(42)88)116-22-14-8-2)38(123-81(111)43-51(89)63(101)75(64(102)52(43)90)117-23-15-9-3)29-36(34)40-35(32)30-39(124-82(112)44-53(91)65(103)76(66(104)54(44)92)118-24-16-10-4)71(125-83(113)45-55(93)67(105)77(68(106)56(45)94)119-25-17-11-5)72(40)126-84(114)46-57(95)69(107)78(70(108)58(46)96)120-26-18-12-6/h19-20,27-30H,7-18,21-26H2,1-6H3. The van der Waals surface area contributed by atoms with Gasteiger partial charge in [-0.3, -0.25) is 0 Å². The molecule has 0 aliphatic carbocycles. The number of halogens is 24. The van der Waals surface area contributed by atoms with Crippen molar-refractivity contribution < 1.29 is 191 Å². The fourth-order valence-corrected chi connectivity index (χ4v) is 11.9. The number of unbranched alkanes of at least 4 members (excludes halogenated alkanes) is 6. The van der Waals surface area contributed by atoms with Crippen LogP contribution in [0.15, 0.2) is 36.4 Å². The van der Waals surface area contributed by atoms with E-state index in [1.54, 1.807) is 6.92 Å². The number of hydrogen-bond donors (Lipinski definition) is 0. The Labute approximate surface area is 693 Å². The summed E-state index contributed by atoms with van der Waals surface area (Å²) in [6.07, 6.45) is 0.633. The quantitative estimate of drug-likeness (QED) is 0.00891. The average molecular weight is 1810 g/mol. The van der Waals surface area contributed by atoms with Crippen LogP contribution in [0, 0.1) is 140 Å². The van der Waals surface area contributed by atoms with Crippen LogP contribution in [0.1, 0.15) is 181 Å². The largest absolute Gasteiger partial charge is 0.487 e. The fraction of sp³-hybridized carbons (Fsp3) is 0.286. The molecule has 0 radical (unpaired) electrons. The molecule has 0 spiro atoms. The molecule has 0 aliphatic heterocycles. The fourth-order valence-electron chi connectivity index (χ4n) is 11.9. The van der Waals surface area contributed by atoms with Gasteiger partial charge in [-0.25, -0.2) is 81.5 Å². The number of carbonyl (C=O) groups excluding carboxylic acids is 6. The molecule has 10 aromatic rings. The highest BCUT2D eigenvalue weighted by Gasteiger charge is 2.42. The van der Waals surface area contributed by atoms with Gasteiger partial charge in [-0.05, 0) is 95.8 Å². The van der Waals surface area contributed by atoms with E-state index in [-0.39, 0.29) is 95.2 Å². The van der Waals surface area contributed by atoms with Crippen molar-refractivity contribution in [3.05, 3.63) is 209 Å². The van der Waals surface area contributed by atoms with Gasteiger partial charge in [0.05, 0.1) is 39.6 Å². The van der Waals surface area contributed by atoms with Crippen LogP contribution in [-0.4, -0.2) is 75.5 Å². The van der Waals surface area contributed by atoms with Crippen LogP contribution in [0.4, 0.5) is 105 Å². The summed E-state index contributed by atoms with van der Waals surface area (Å²) in [5.74, 6) is -104. The highest BCUT2D eigenvalue weighted by Crippen LogP contribution is 2.54. The zero-order valence-electron chi connectivity index (χ0n) is 65.6. The first-order valence-electron chi connectivity index (χ1n) is 37.6. The maximum Gasteiger partial charge on any atom is 0.350 e. The highest BCUT2D eigenvalue weighted by molar-refractivity contribution is 6.29. The molecular weight excluding hydrogens is 1750 g/mol. The highest BCUT2D eigenvalue weighted by atomic mass is 19.2. The van der Waals surface area contributed by atoms with Gasteiger partial charge in [-0.1, -0.05) is 86.1 Å². The lowest BCUT2D eigenvalue weighted by molar-refractivity contribution is 0.0644. The van der Waals surface area contributed by atoms with Crippen LogP contribution in [0.5, 0.6) is 69.0 Å². The number of benzene rings is 10. The molecule has 126 heavy (non-hydrogen) atoms. The molecule has 0 fully saturated rings. The van der Waals surface area contributed by atoms with Crippen LogP contribution in [0.2, 0.25) is 0 Å². The second kappa shape index (κ2) is 40.3. The van der Waals surface area contributed by atoms with E-state index in [4.69, 9.17) is 56.8 Å². The average Bonchev–Trinajstić information content (AvgIpc) is 0.710. The van der Waals surface area contributed by atoms with Gasteiger partial charge >= 0.3 is 35.8 Å². The van der Waals surface area contributed by atoms with Gasteiger partial charge < -0.3 is 56.8 Å². The summed E-state index contributed by atoms with van der Waals surface area (Å²) in [6.45, 7) is 4.76. The minimum Gasteiger partial charge on any atom is -0.487 e. The smallest absolute Gasteiger partial charge is 0.350 e. The van der Waals surface area contributed by atoms with Gasteiger partial charge in [0, 0.05) is 5.39 Å². The van der Waals surface area contributed by atoms with Crippen molar-refractivity contribution in [1.29, 1.82) is 0 Å². The lowest BCUT2D eigenvalue weighted by Gasteiger charge is -2.22. The van der Waals surface area contributed by atoms with Crippen molar-refractivity contribution in [2.24, 2.45) is 0 Å². The maximum absolute atomic E-state index is 16.8. The van der Waals surface area contributed by atoms with Crippen molar-refractivity contribution in [3.63, 3.8) is 0 Å². The molecule has 42 heteroatoms. The molecule has 10 rings (SSSR count). The minimum absolute atomic E-state index is 0.00438. The Hall–Kier alpha value is -13.1. The van der Waals surface area contributed by atoms with E-state index in [9.17, 15) is 24.0 Å². The number of rotatable bonds is 36. The van der Waals surface area contributed by atoms with Crippen molar-refractivity contribution >= 4 is 68.1 Å². The van der Waals surface area contributed by atoms with Crippen molar-refractivity contribution in [1.82, 2.24) is 0 Å². The maximum atomic E-state index is 16.8. The summed E-state index contributed by atoms with van der Waals surface area (Å²) in [4.78, 5) is 87.8. The van der Waals surface area contributed by atoms with Crippen LogP contribution in [0.25, 0.3) is 32.3 Å². The first-order chi connectivity index (χ1) is 59.8. The molecule has 0 aliphatic rings. The predicted octanol–water partition coefficient (Wildman–Crippen LogP) is 22.9. The molecule has 0 saturated heterocycles. The van der Waals surface area contributed by atoms with E-state index in [2.05, 4.69) is 0 Å². The third kappa shape index (κ3) is 18.4. The molecule has 18 nitrogen and oxygen atoms in total. The first kappa shape index (κ1) is 95.2. The number of ether oxygens (including phenoxy) is 12. The molecule has 0 N–H and O–H groups in total. The predicted molar refractivity (Wildman–Crippen MR) is 389 cm³/mol. The zero-order valence-corrected chi connectivity index (χ0v) is 65.6. The van der Waals surface area contributed by atoms with E-state index in [0.717, 1.165) is 0 Å². The Bertz CT molecular complexity index is 5890. The monoisotopic (exact) mass is 1810 g/mol. The molecule has 0 amide bonds. The van der Waals surface area contributed by atoms with Gasteiger partial charge in [0.2, 0.25) is 75.6 Å². The Morgan fingerprint density at radius 3 is 0.659 bits per heavy atom. The summed E-state index contributed by atoms with van der Waals surface area (Å²) in [7, 11) is 0. The molecule has 0 atom stereocenters. The normalized spacial score (nSPS) is 11.4. The summed E-state index contributed by atoms with van der Waals surface area (Å²) >= 11 is 0. The number of esters is 6. The minimum atomic E-state index is -3.02. The molecule has 0 aromatic heterocycles. The lowest BCUT2D eigenvalue weighted by atomic mass is 9.92. The van der Waals surface area contributed by atoms with Crippen molar-refractivity contribution in [2.75, 3.05) is 39.6 Å². The van der Waals surface area contributed by atoms with Gasteiger partial charge in [0.15, 0.2) is 127 Å². The Morgan fingerprint density at radius 2 is 0.405 bits per heavy atom. The molecule has 672 valence electrons. The second-order valence-corrected chi connectivity index (χ2v) is 26.8. The van der Waals surface area contributed by atoms with Crippen molar-refractivity contribution in [2.45, 2.75) is 119 Å². The number of carbonyl (C=O) groups is 6. The van der Waals surface area contributed by atoms with E-state index in [1.165, 1.54) is 34.6 Å². The van der Waals surface area contributed by atoms with Crippen LogP contribution >= 0.6 is 0 Å². The summed E-state index contributed by atoms with van der Waals surface area (Å²) in [5, 5.41) is -7.93. The van der Waals surface area contributed by atoms with Gasteiger partial charge in [-0.2, -0.15) is 52.7 Å². The van der Waals surface area contributed by atoms with Crippen LogP contribution in [0.3, 0.4) is 0 Å². The third-order valence-electron chi connectivity index (χ3n) is 18.4. The van der Waals surface area contributed by atoms with Gasteiger partial charge in [-0.15, -0.1) is 0 Å². The van der Waals surface area contributed by atoms with E-state index < -0.39 is 350 Å². The molecule has 0 unspecified atom stereocenters. The van der Waals surface area contributed by atoms with Crippen LogP contribution < -0.4 is 56.8 Å². The lowest BCUT2D eigenvalue weighted by Crippen LogP contribution is -2.21. The molecule has 0 bridgehead atoms. The summed E-state index contributed by atoms with van der Waals surface area (Å²) in [6, 6.07) is 1.13. The van der Waals surface area contributed by atoms with E-state index in [0.29, 0.717) is 18.2 Å². The summed E-state index contributed by atoms with van der Waals surface area (Å²) in [5.41, 5.74) is -15.1. The first-order valence-corrected chi connectivity index (χ1v) is 37.6. The van der Waals surface area contributed by atoms with E-state index in [1.807, 2.05) is 0 Å². The second-order valence-electron chi connectivity index (χ2n) is 26.8. The molecule has 10 aromatic carbocycles. The number of fused-ring (bicyclic) bond motifs is 6. The molecule has 0 saturated carbocycles. The zero-order chi connectivity index (χ0) is 92.6. The Balaban J connectivity index is 1.42.